The molecule has 2 aromatic carbocycles. The molecule has 0 aromatic heterocycles. The highest BCUT2D eigenvalue weighted by Crippen LogP contribution is 2.32. The molecule has 116 valence electrons. The van der Waals surface area contributed by atoms with Crippen molar-refractivity contribution in [2.24, 2.45) is 0 Å². The lowest BCUT2D eigenvalue weighted by Crippen LogP contribution is -2.11. The molecule has 2 aromatic rings. The largest absolute Gasteiger partial charge is 0.416 e. The lowest BCUT2D eigenvalue weighted by Gasteiger charge is -2.20. The molecule has 0 spiro atoms. The lowest BCUT2D eigenvalue weighted by atomic mass is 10.1. The van der Waals surface area contributed by atoms with Gasteiger partial charge in [0.2, 0.25) is 5.82 Å². The number of hydrogen-bond acceptors (Lipinski definition) is 3. The van der Waals surface area contributed by atoms with Gasteiger partial charge in [-0.15, -0.1) is 0 Å². The number of anilines is 2. The number of halogens is 4. The van der Waals surface area contributed by atoms with E-state index in [1.165, 1.54) is 30.1 Å². The Bertz CT molecular complexity index is 699. The van der Waals surface area contributed by atoms with Gasteiger partial charge >= 0.3 is 11.9 Å². The molecule has 0 aliphatic carbocycles. The molecule has 0 aliphatic heterocycles. The van der Waals surface area contributed by atoms with Crippen LogP contribution in [0.4, 0.5) is 34.6 Å². The highest BCUT2D eigenvalue weighted by atomic mass is 19.4. The van der Waals surface area contributed by atoms with Crippen LogP contribution in [0.2, 0.25) is 0 Å². The van der Waals surface area contributed by atoms with Crippen molar-refractivity contribution in [3.05, 3.63) is 64.0 Å². The third-order valence-electron chi connectivity index (χ3n) is 3.10. The average Bonchev–Trinajstić information content (AvgIpc) is 2.45. The molecule has 0 saturated carbocycles. The molecule has 8 heteroatoms. The van der Waals surface area contributed by atoms with Gasteiger partial charge in [0.05, 0.1) is 10.5 Å². The van der Waals surface area contributed by atoms with Crippen molar-refractivity contribution in [2.75, 3.05) is 11.9 Å². The van der Waals surface area contributed by atoms with Gasteiger partial charge in [0.1, 0.15) is 0 Å². The molecule has 0 heterocycles. The Kier molecular flexibility index (Phi) is 4.03. The summed E-state index contributed by atoms with van der Waals surface area (Å²) in [4.78, 5) is 11.1. The van der Waals surface area contributed by atoms with Crippen molar-refractivity contribution in [3.8, 4) is 0 Å². The van der Waals surface area contributed by atoms with Crippen LogP contribution < -0.4 is 4.90 Å². The molecule has 0 unspecified atom stereocenters. The Morgan fingerprint density at radius 1 is 1.05 bits per heavy atom. The summed E-state index contributed by atoms with van der Waals surface area (Å²) in [6.07, 6.45) is -4.43. The van der Waals surface area contributed by atoms with Crippen molar-refractivity contribution < 1.29 is 22.5 Å². The second-order valence-electron chi connectivity index (χ2n) is 4.50. The van der Waals surface area contributed by atoms with Gasteiger partial charge in [-0.3, -0.25) is 10.1 Å². The van der Waals surface area contributed by atoms with E-state index in [1.807, 2.05) is 0 Å². The monoisotopic (exact) mass is 314 g/mol. The Morgan fingerprint density at radius 2 is 1.59 bits per heavy atom. The normalized spacial score (nSPS) is 11.3. The number of nitrogens with zero attached hydrogens (tertiary/aromatic N) is 2. The summed E-state index contributed by atoms with van der Waals surface area (Å²) >= 11 is 0. The third kappa shape index (κ3) is 3.16. The second kappa shape index (κ2) is 5.63. The van der Waals surface area contributed by atoms with Crippen LogP contribution in [0.3, 0.4) is 0 Å². The first-order valence-electron chi connectivity index (χ1n) is 6.05. The first-order valence-corrected chi connectivity index (χ1v) is 6.05. The van der Waals surface area contributed by atoms with E-state index in [2.05, 4.69) is 0 Å². The molecule has 2 rings (SSSR count). The summed E-state index contributed by atoms with van der Waals surface area (Å²) in [5.74, 6) is -1.01. The first kappa shape index (κ1) is 15.7. The zero-order valence-electron chi connectivity index (χ0n) is 11.3. The molecule has 0 atom stereocenters. The molecule has 22 heavy (non-hydrogen) atoms. The maximum Gasteiger partial charge on any atom is 0.416 e. The second-order valence-corrected chi connectivity index (χ2v) is 4.50. The van der Waals surface area contributed by atoms with Crippen LogP contribution in [-0.4, -0.2) is 12.0 Å². The van der Waals surface area contributed by atoms with Gasteiger partial charge < -0.3 is 4.90 Å². The number of rotatable bonds is 3. The van der Waals surface area contributed by atoms with E-state index in [-0.39, 0.29) is 5.69 Å². The van der Waals surface area contributed by atoms with E-state index in [1.54, 1.807) is 0 Å². The van der Waals surface area contributed by atoms with Crippen LogP contribution in [0.5, 0.6) is 0 Å². The van der Waals surface area contributed by atoms with Gasteiger partial charge in [0, 0.05) is 30.6 Å². The Morgan fingerprint density at radius 3 is 2.05 bits per heavy atom. The molecule has 0 saturated heterocycles. The van der Waals surface area contributed by atoms with Crippen molar-refractivity contribution >= 4 is 17.1 Å². The smallest absolute Gasteiger partial charge is 0.345 e. The van der Waals surface area contributed by atoms with Gasteiger partial charge in [0.15, 0.2) is 0 Å². The molecule has 0 fully saturated rings. The minimum absolute atomic E-state index is 0.280. The number of hydrogen-bond donors (Lipinski definition) is 0. The number of alkyl halides is 3. The summed E-state index contributed by atoms with van der Waals surface area (Å²) in [7, 11) is 1.52. The summed E-state index contributed by atoms with van der Waals surface area (Å²) < 4.78 is 51.0. The fourth-order valence-corrected chi connectivity index (χ4v) is 1.88. The van der Waals surface area contributed by atoms with E-state index in [0.29, 0.717) is 5.69 Å². The maximum atomic E-state index is 13.6. The fraction of sp³-hybridized carbons (Fsp3) is 0.143. The van der Waals surface area contributed by atoms with E-state index < -0.39 is 28.2 Å². The third-order valence-corrected chi connectivity index (χ3v) is 3.10. The molecule has 0 amide bonds. The Labute approximate surface area is 122 Å². The topological polar surface area (TPSA) is 46.4 Å². The SMILES string of the molecule is CN(c1ccc(C(F)(F)F)cc1)c1ccc([N+](=O)[O-])c(F)c1. The van der Waals surface area contributed by atoms with E-state index in [4.69, 9.17) is 0 Å². The van der Waals surface area contributed by atoms with Crippen molar-refractivity contribution in [1.29, 1.82) is 0 Å². The van der Waals surface area contributed by atoms with E-state index in [0.717, 1.165) is 24.3 Å². The van der Waals surface area contributed by atoms with E-state index >= 15 is 0 Å². The molecule has 0 N–H and O–H groups in total. The molecular formula is C14H10F4N2O2. The summed E-state index contributed by atoms with van der Waals surface area (Å²) in [5.41, 5.74) is -0.784. The predicted octanol–water partition coefficient (Wildman–Crippen LogP) is 4.52. The molecule has 0 radical (unpaired) electrons. The van der Waals surface area contributed by atoms with Gasteiger partial charge in [0.25, 0.3) is 0 Å². The molecule has 0 aliphatic rings. The van der Waals surface area contributed by atoms with Crippen molar-refractivity contribution in [1.82, 2.24) is 0 Å². The highest BCUT2D eigenvalue weighted by molar-refractivity contribution is 5.64. The van der Waals surface area contributed by atoms with E-state index in [9.17, 15) is 27.7 Å². The highest BCUT2D eigenvalue weighted by Gasteiger charge is 2.30. The minimum Gasteiger partial charge on any atom is -0.345 e. The predicted molar refractivity (Wildman–Crippen MR) is 72.6 cm³/mol. The van der Waals surface area contributed by atoms with Crippen LogP contribution in [0, 0.1) is 15.9 Å². The zero-order chi connectivity index (χ0) is 16.5. The Balaban J connectivity index is 2.30. The van der Waals surface area contributed by atoms with Crippen LogP contribution in [0.15, 0.2) is 42.5 Å². The summed E-state index contributed by atoms with van der Waals surface area (Å²) in [5, 5.41) is 10.5. The summed E-state index contributed by atoms with van der Waals surface area (Å²) in [6.45, 7) is 0. The first-order chi connectivity index (χ1) is 10.2. The molecule has 0 bridgehead atoms. The minimum atomic E-state index is -4.43. The van der Waals surface area contributed by atoms with Crippen LogP contribution in [0.1, 0.15) is 5.56 Å². The number of nitro benzene ring substituents is 1. The van der Waals surface area contributed by atoms with Crippen LogP contribution in [0.25, 0.3) is 0 Å². The van der Waals surface area contributed by atoms with Crippen molar-refractivity contribution in [2.45, 2.75) is 6.18 Å². The van der Waals surface area contributed by atoms with Gasteiger partial charge in [-0.25, -0.2) is 0 Å². The van der Waals surface area contributed by atoms with Gasteiger partial charge in [-0.1, -0.05) is 0 Å². The van der Waals surface area contributed by atoms with Gasteiger partial charge in [-0.2, -0.15) is 17.6 Å². The average molecular weight is 314 g/mol. The van der Waals surface area contributed by atoms with Crippen LogP contribution in [-0.2, 0) is 6.18 Å². The van der Waals surface area contributed by atoms with Gasteiger partial charge in [-0.05, 0) is 30.3 Å². The lowest BCUT2D eigenvalue weighted by molar-refractivity contribution is -0.387. The van der Waals surface area contributed by atoms with Crippen LogP contribution >= 0.6 is 0 Å². The molecule has 4 nitrogen and oxygen atoms in total. The molecular weight excluding hydrogens is 304 g/mol. The fourth-order valence-electron chi connectivity index (χ4n) is 1.88. The number of benzene rings is 2. The zero-order valence-corrected chi connectivity index (χ0v) is 11.3. The summed E-state index contributed by atoms with van der Waals surface area (Å²) in [6, 6.07) is 7.57. The van der Waals surface area contributed by atoms with Crippen molar-refractivity contribution in [3.63, 3.8) is 0 Å². The number of nitro groups is 1. The maximum absolute atomic E-state index is 13.6. The standard InChI is InChI=1S/C14H10F4N2O2/c1-19(10-4-2-9(3-5-10)14(16,17)18)11-6-7-13(20(21)22)12(15)8-11/h2-8H,1H3. The Hall–Kier alpha value is -2.64. The quantitative estimate of drug-likeness (QED) is 0.475.